The minimum Gasteiger partial charge on any atom is -0.443 e. The van der Waals surface area contributed by atoms with Crippen molar-refractivity contribution in [3.8, 4) is 23.0 Å². The zero-order valence-corrected chi connectivity index (χ0v) is 52.2. The van der Waals surface area contributed by atoms with Crippen molar-refractivity contribution >= 4 is 51.9 Å². The Bertz CT molecular complexity index is 1990. The fourth-order valence-corrected chi connectivity index (χ4v) is 6.10. The summed E-state index contributed by atoms with van der Waals surface area (Å²) in [6, 6.07) is 34.7. The molecule has 0 unspecified atom stereocenters. The molecule has 0 saturated carbocycles. The summed E-state index contributed by atoms with van der Waals surface area (Å²) in [5, 5.41) is 0. The molecule has 0 amide bonds. The lowest BCUT2D eigenvalue weighted by molar-refractivity contribution is 0.377. The van der Waals surface area contributed by atoms with Gasteiger partial charge < -0.3 is 27.1 Å². The van der Waals surface area contributed by atoms with Crippen LogP contribution < -0.4 is 18.1 Å². The molecule has 1 N–H and O–H groups in total. The van der Waals surface area contributed by atoms with Crippen LogP contribution in [0.3, 0.4) is 0 Å². The van der Waals surface area contributed by atoms with Gasteiger partial charge in [0, 0.05) is 112 Å². The van der Waals surface area contributed by atoms with Crippen LogP contribution in [0.1, 0.15) is 52.7 Å². The van der Waals surface area contributed by atoms with E-state index in [-0.39, 0.29) is 17.2 Å². The van der Waals surface area contributed by atoms with Gasteiger partial charge in [0.25, 0.3) is 7.72 Å². The van der Waals surface area contributed by atoms with Gasteiger partial charge in [0.15, 0.2) is 14.7 Å². The molecule has 0 aromatic heterocycles. The van der Waals surface area contributed by atoms with Crippen LogP contribution in [0.4, 0.5) is 0 Å². The van der Waals surface area contributed by atoms with Crippen molar-refractivity contribution in [3.05, 3.63) is 120 Å². The van der Waals surface area contributed by atoms with Gasteiger partial charge in [-0.2, -0.15) is 0 Å². The van der Waals surface area contributed by atoms with E-state index in [1.54, 1.807) is 65.5 Å². The smallest absolute Gasteiger partial charge is 0.265 e. The molecule has 4 aromatic rings. The second kappa shape index (κ2) is 39.3. The van der Waals surface area contributed by atoms with Crippen molar-refractivity contribution in [1.29, 1.82) is 0 Å². The number of hydrogen-bond acceptors (Lipinski definition) is 14. The summed E-state index contributed by atoms with van der Waals surface area (Å²) in [6.07, 6.45) is 1.03. The molecular weight excluding hydrogens is 1020 g/mol. The molecule has 0 atom stereocenters. The summed E-state index contributed by atoms with van der Waals surface area (Å²) >= 11 is 0. The highest BCUT2D eigenvalue weighted by Crippen LogP contribution is 2.48. The van der Waals surface area contributed by atoms with Gasteiger partial charge in [0.2, 0.25) is 29.5 Å². The van der Waals surface area contributed by atoms with E-state index in [1.807, 2.05) is 59.7 Å². The SMILES string of the molecule is CC.CC.CC.COP(C)(C)=O.COP(C)(C)=O.CO[P+](C)(C)O.CP(C)(=O)Oc1cc(OP(C)(C)=O)cc(OP(C)(C)=O)c1.CP(C)(=O)Oc1ccccc1.c1ccc(Cc2ccccc2)cc1. The zero-order chi connectivity index (χ0) is 55.3. The molecule has 0 bridgehead atoms. The second-order valence-electron chi connectivity index (χ2n) is 15.8. The summed E-state index contributed by atoms with van der Waals surface area (Å²) in [5.41, 5.74) is 2.74. The van der Waals surface area contributed by atoms with Crippen LogP contribution in [0.2, 0.25) is 0 Å². The van der Waals surface area contributed by atoms with E-state index < -0.39 is 51.9 Å². The van der Waals surface area contributed by atoms with Gasteiger partial charge in [-0.3, -0.25) is 27.4 Å². The molecule has 0 fully saturated rings. The highest BCUT2D eigenvalue weighted by molar-refractivity contribution is 7.64. The molecule has 69 heavy (non-hydrogen) atoms. The van der Waals surface area contributed by atoms with Gasteiger partial charge in [-0.05, 0) is 29.7 Å². The summed E-state index contributed by atoms with van der Waals surface area (Å²) < 4.78 is 102. The van der Waals surface area contributed by atoms with Crippen LogP contribution in [-0.4, -0.2) is 120 Å². The highest BCUT2D eigenvalue weighted by atomic mass is 31.2. The van der Waals surface area contributed by atoms with E-state index in [0.717, 1.165) is 6.42 Å². The average Bonchev–Trinajstić information content (AvgIpc) is 3.22. The minimum atomic E-state index is -2.78. The first-order valence-corrected chi connectivity index (χ1v) is 39.7. The van der Waals surface area contributed by atoms with Gasteiger partial charge in [0.1, 0.15) is 36.3 Å². The van der Waals surface area contributed by atoms with Crippen molar-refractivity contribution in [2.45, 2.75) is 48.0 Å². The lowest BCUT2D eigenvalue weighted by Gasteiger charge is -2.17. The standard InChI is InChI=1S/C13H12.C12H21O6P3.C8H11O2P.C3H10O2P.2C3H9O2P.3C2H6/c1-3-7-12(8-4-1)11-13-9-5-2-6-10-13;1-19(2,13)16-10-7-11(17-20(3,4)14)9-12(8-10)18-21(5,6)15;1-11(2,9)10-8-6-4-3-5-7-8;3*1-5-6(2,3)4;3*1-2/h1-10H,11H2;7-9H,1-6H3;3-7H,1-2H3;4H,1-3H3;2*1-3H3;3*1-2H3/q;;;+1;;;;;. The quantitative estimate of drug-likeness (QED) is 0.125. The van der Waals surface area contributed by atoms with Crippen LogP contribution in [0.25, 0.3) is 0 Å². The van der Waals surface area contributed by atoms with E-state index in [9.17, 15) is 27.4 Å². The van der Waals surface area contributed by atoms with Crippen molar-refractivity contribution in [2.24, 2.45) is 0 Å². The van der Waals surface area contributed by atoms with E-state index >= 15 is 0 Å². The van der Waals surface area contributed by atoms with E-state index in [4.69, 9.17) is 23.0 Å². The van der Waals surface area contributed by atoms with E-state index in [0.29, 0.717) is 5.75 Å². The molecule has 0 radical (unpaired) electrons. The van der Waals surface area contributed by atoms with Crippen LogP contribution in [-0.2, 0) is 47.4 Å². The van der Waals surface area contributed by atoms with Crippen LogP contribution in [0, 0.1) is 0 Å². The topological polar surface area (TPSA) is 187 Å². The van der Waals surface area contributed by atoms with Crippen LogP contribution in [0.15, 0.2) is 109 Å². The molecule has 0 saturated heterocycles. The molecule has 0 aliphatic rings. The third-order valence-electron chi connectivity index (χ3n) is 6.32. The summed E-state index contributed by atoms with van der Waals surface area (Å²) in [4.78, 5) is 8.72. The predicted molar refractivity (Wildman–Crippen MR) is 304 cm³/mol. The number of rotatable bonds is 13. The van der Waals surface area contributed by atoms with E-state index in [2.05, 4.69) is 74.2 Å². The van der Waals surface area contributed by atoms with Crippen molar-refractivity contribution in [1.82, 2.24) is 0 Å². The molecule has 21 heteroatoms. The Balaban J connectivity index is -0.000000247. The van der Waals surface area contributed by atoms with Gasteiger partial charge >= 0.3 is 0 Å². The van der Waals surface area contributed by atoms with Gasteiger partial charge in [-0.1, -0.05) is 120 Å². The maximum atomic E-state index is 11.8. The molecule has 14 nitrogen and oxygen atoms in total. The lowest BCUT2D eigenvalue weighted by Crippen LogP contribution is -1.95. The maximum Gasteiger partial charge on any atom is 0.265 e. The Morgan fingerprint density at radius 3 is 0.739 bits per heavy atom. The average molecular weight is 1110 g/mol. The third kappa shape index (κ3) is 60.0. The third-order valence-corrected chi connectivity index (χ3v) is 11.6. The first-order chi connectivity index (χ1) is 31.4. The first-order valence-electron chi connectivity index (χ1n) is 22.0. The lowest BCUT2D eigenvalue weighted by atomic mass is 10.1. The normalized spacial score (nSPS) is 10.9. The minimum absolute atomic E-state index is 0.248. The number of hydrogen-bond donors (Lipinski definition) is 1. The Kier molecular flexibility index (Phi) is 43.1. The van der Waals surface area contributed by atoms with Crippen molar-refractivity contribution in [2.75, 3.05) is 115 Å². The largest absolute Gasteiger partial charge is 0.443 e. The fourth-order valence-electron chi connectivity index (χ4n) is 3.63. The Morgan fingerprint density at radius 1 is 0.377 bits per heavy atom. The van der Waals surface area contributed by atoms with Crippen molar-refractivity contribution in [3.63, 3.8) is 0 Å². The first kappa shape index (κ1) is 75.7. The van der Waals surface area contributed by atoms with Gasteiger partial charge in [-0.15, -0.1) is 0 Å². The second-order valence-corrected chi connectivity index (χ2v) is 35.3. The molecule has 0 spiro atoms. The molecule has 4 rings (SSSR count). The predicted octanol–water partition coefficient (Wildman–Crippen LogP) is 16.5. The Hall–Kier alpha value is -2.27. The summed E-state index contributed by atoms with van der Waals surface area (Å²) in [7, 11) is -12.5. The molecule has 0 aliphatic heterocycles. The maximum absolute atomic E-state index is 11.8. The monoisotopic (exact) mass is 1110 g/mol. The molecule has 0 heterocycles. The molecule has 4 aromatic carbocycles. The van der Waals surface area contributed by atoms with E-state index in [1.165, 1.54) is 90.6 Å². The summed E-state index contributed by atoms with van der Waals surface area (Å²) in [5.74, 6) is 1.41. The van der Waals surface area contributed by atoms with Gasteiger partial charge in [0.05, 0.1) is 7.11 Å². The van der Waals surface area contributed by atoms with Crippen molar-refractivity contribution < 1.29 is 63.9 Å². The fraction of sp³-hybridized carbons (Fsp3) is 0.500. The highest BCUT2D eigenvalue weighted by Gasteiger charge is 2.19. The van der Waals surface area contributed by atoms with Crippen LogP contribution >= 0.6 is 51.9 Å². The molecule has 0 aliphatic carbocycles. The molecule has 400 valence electrons. The number of para-hydroxylation sites is 1. The Labute approximate surface area is 420 Å². The summed E-state index contributed by atoms with van der Waals surface area (Å²) in [6.45, 7) is 33.7. The Morgan fingerprint density at radius 2 is 0.565 bits per heavy atom. The molecular formula is C48H90O14P7+. The number of benzene rings is 4. The van der Waals surface area contributed by atoms with Crippen LogP contribution in [0.5, 0.6) is 23.0 Å². The van der Waals surface area contributed by atoms with Gasteiger partial charge in [-0.25, -0.2) is 9.42 Å². The zero-order valence-electron chi connectivity index (χ0n) is 46.0.